The molecule has 0 spiro atoms. The first-order valence-corrected chi connectivity index (χ1v) is 22.7. The first-order chi connectivity index (χ1) is 32.5. The van der Waals surface area contributed by atoms with Crippen LogP contribution in [0.15, 0.2) is 152 Å². The predicted molar refractivity (Wildman–Crippen MR) is 264 cm³/mol. The lowest BCUT2D eigenvalue weighted by Crippen LogP contribution is -2.42. The molecule has 0 radical (unpaired) electrons. The second kappa shape index (κ2) is 32.6. The van der Waals surface area contributed by atoms with Crippen LogP contribution in [0, 0.1) is 0 Å². The smallest absolute Gasteiger partial charge is 0.412 e. The molecule has 1 amide bonds. The van der Waals surface area contributed by atoms with Gasteiger partial charge in [-0.2, -0.15) is 0 Å². The Morgan fingerprint density at radius 2 is 1.16 bits per heavy atom. The van der Waals surface area contributed by atoms with Crippen molar-refractivity contribution in [2.45, 2.75) is 136 Å². The molecule has 0 aliphatic carbocycles. The van der Waals surface area contributed by atoms with Crippen LogP contribution in [0.2, 0.25) is 0 Å². The average Bonchev–Trinajstić information content (AvgIpc) is 3.29. The summed E-state index contributed by atoms with van der Waals surface area (Å²) < 4.78 is 45.8. The Hall–Kier alpha value is -6.12. The molecule has 0 bridgehead atoms. The van der Waals surface area contributed by atoms with Crippen molar-refractivity contribution in [2.75, 3.05) is 13.7 Å². The van der Waals surface area contributed by atoms with Gasteiger partial charge in [0.25, 0.3) is 0 Å². The lowest BCUT2D eigenvalue weighted by molar-refractivity contribution is -0.168. The maximum atomic E-state index is 12.3. The second-order valence-electron chi connectivity index (χ2n) is 16.8. The molecule has 1 N–H and O–H groups in total. The van der Waals surface area contributed by atoms with Crippen LogP contribution < -0.4 is 5.32 Å². The van der Waals surface area contributed by atoms with Crippen LogP contribution in [0.4, 0.5) is 4.79 Å². The van der Waals surface area contributed by atoms with Gasteiger partial charge in [-0.1, -0.05) is 135 Å². The van der Waals surface area contributed by atoms with E-state index in [-0.39, 0.29) is 17.8 Å². The quantitative estimate of drug-likeness (QED) is 0.0184. The van der Waals surface area contributed by atoms with Crippen molar-refractivity contribution < 1.29 is 57.1 Å². The number of esters is 3. The third-order valence-electron chi connectivity index (χ3n) is 9.67. The summed E-state index contributed by atoms with van der Waals surface area (Å²) in [5.41, 5.74) is 3.09. The monoisotopic (exact) mass is 940 g/mol. The van der Waals surface area contributed by atoms with Gasteiger partial charge in [-0.25, -0.2) is 9.59 Å². The minimum absolute atomic E-state index is 0.00587. The highest BCUT2D eigenvalue weighted by atomic mass is 16.6. The van der Waals surface area contributed by atoms with Crippen molar-refractivity contribution in [3.05, 3.63) is 169 Å². The largest absolute Gasteiger partial charge is 0.464 e. The van der Waals surface area contributed by atoms with E-state index in [1.807, 2.05) is 104 Å². The molecule has 0 fully saturated rings. The molecular formula is C55H73NO12. The molecule has 13 nitrogen and oxygen atoms in total. The van der Waals surface area contributed by atoms with Crippen LogP contribution in [0.3, 0.4) is 0 Å². The number of hydrogen-bond donors (Lipinski definition) is 1. The summed E-state index contributed by atoms with van der Waals surface area (Å²) in [5.74, 6) is -1.45. The number of ether oxygens (including phenoxy) is 8. The summed E-state index contributed by atoms with van der Waals surface area (Å²) in [6, 6.07) is 29.3. The molecular weight excluding hydrogens is 867 g/mol. The van der Waals surface area contributed by atoms with Gasteiger partial charge in [-0.05, 0) is 82.6 Å². The fourth-order valence-corrected chi connectivity index (χ4v) is 6.60. The van der Waals surface area contributed by atoms with Crippen LogP contribution in [0.1, 0.15) is 90.8 Å². The number of unbranched alkanes of at least 4 members (excludes halogenated alkanes) is 1. The van der Waals surface area contributed by atoms with E-state index in [1.54, 1.807) is 52.0 Å². The fraction of sp³-hybridized carbons (Fsp3) is 0.418. The van der Waals surface area contributed by atoms with E-state index in [0.717, 1.165) is 22.3 Å². The third-order valence-corrected chi connectivity index (χ3v) is 9.67. The normalized spacial score (nSPS) is 14.1. The average molecular weight is 940 g/mol. The third kappa shape index (κ3) is 25.1. The van der Waals surface area contributed by atoms with Crippen LogP contribution in [-0.2, 0) is 72.1 Å². The molecule has 3 rings (SSSR count). The minimum atomic E-state index is -0.747. The van der Waals surface area contributed by atoms with Crippen molar-refractivity contribution in [1.29, 1.82) is 0 Å². The highest BCUT2D eigenvalue weighted by Crippen LogP contribution is 2.23. The summed E-state index contributed by atoms with van der Waals surface area (Å²) in [6.07, 6.45) is 7.22. The summed E-state index contributed by atoms with van der Waals surface area (Å²) >= 11 is 0. The van der Waals surface area contributed by atoms with Gasteiger partial charge < -0.3 is 37.9 Å². The lowest BCUT2D eigenvalue weighted by atomic mass is 10.0. The Balaban J connectivity index is 0.000000509. The molecule has 0 heterocycles. The fourth-order valence-electron chi connectivity index (χ4n) is 6.60. The second-order valence-corrected chi connectivity index (χ2v) is 16.8. The molecule has 370 valence electrons. The van der Waals surface area contributed by atoms with Gasteiger partial charge in [0, 0.05) is 13.8 Å². The van der Waals surface area contributed by atoms with E-state index < -0.39 is 54.2 Å². The van der Waals surface area contributed by atoms with Crippen molar-refractivity contribution >= 4 is 24.0 Å². The zero-order chi connectivity index (χ0) is 50.3. The number of nitrogens with one attached hydrogen (secondary N) is 1. The van der Waals surface area contributed by atoms with Crippen molar-refractivity contribution in [2.24, 2.45) is 0 Å². The molecule has 13 heteroatoms. The van der Waals surface area contributed by atoms with E-state index in [1.165, 1.54) is 21.0 Å². The number of carbonyl (C=O) groups is 4. The van der Waals surface area contributed by atoms with Gasteiger partial charge in [0.2, 0.25) is 0 Å². The van der Waals surface area contributed by atoms with E-state index in [2.05, 4.69) is 25.1 Å². The van der Waals surface area contributed by atoms with Gasteiger partial charge in [0.05, 0.1) is 45.7 Å². The van der Waals surface area contributed by atoms with Gasteiger partial charge in [-0.15, -0.1) is 6.58 Å². The Kier molecular flexibility index (Phi) is 27.8. The summed E-state index contributed by atoms with van der Waals surface area (Å²) in [5, 5.41) is 2.47. The number of allylic oxidation sites excluding steroid dienone is 3. The van der Waals surface area contributed by atoms with Crippen molar-refractivity contribution in [1.82, 2.24) is 5.32 Å². The van der Waals surface area contributed by atoms with Gasteiger partial charge >= 0.3 is 24.0 Å². The van der Waals surface area contributed by atoms with E-state index >= 15 is 0 Å². The Labute approximate surface area is 404 Å². The van der Waals surface area contributed by atoms with Crippen LogP contribution in [0.5, 0.6) is 0 Å². The highest BCUT2D eigenvalue weighted by Gasteiger charge is 2.32. The molecule has 3 aromatic carbocycles. The Bertz CT molecular complexity index is 2030. The molecule has 0 aliphatic rings. The summed E-state index contributed by atoms with van der Waals surface area (Å²) in [4.78, 5) is 47.7. The predicted octanol–water partition coefficient (Wildman–Crippen LogP) is 10.6. The first kappa shape index (κ1) is 58.0. The van der Waals surface area contributed by atoms with Crippen LogP contribution >= 0.6 is 0 Å². The number of carbonyl (C=O) groups excluding carboxylic acids is 4. The molecule has 0 saturated heterocycles. The summed E-state index contributed by atoms with van der Waals surface area (Å²) in [6.45, 7) is 24.3. The lowest BCUT2D eigenvalue weighted by Gasteiger charge is -2.31. The van der Waals surface area contributed by atoms with E-state index in [9.17, 15) is 19.2 Å². The maximum absolute atomic E-state index is 12.3. The van der Waals surface area contributed by atoms with Gasteiger partial charge in [0.15, 0.2) is 0 Å². The molecule has 0 unspecified atom stereocenters. The standard InChI is InChI=1S/C32H43NO8.C23H30O4/c1-23(40-24(2)34)29(39-22-26-17-11-8-12-18-26)28(38-21-25-15-9-7-10-16-25)20-14-13-19-27(30(35)37-6)33-31(36)41-32(3,4)5;1-6-8-13-18(3)16-25-22(12-7-2)23(19(4)27-20(5)24)26-17-21-14-10-9-11-15-21/h7-12,15-19,23,28-29H,13-14,20-22H2,1-6H3,(H,33,36);6-11,13-15,19,22-23H,1-3,12,16-17H2,4-5H3/b27-19-;13-8-/t23-,28-,29-;19-,22-,23-/m01/s1. The molecule has 0 aliphatic heterocycles. The van der Waals surface area contributed by atoms with Crippen molar-refractivity contribution in [3.63, 3.8) is 0 Å². The SMILES string of the molecule is C=C/C=C\C(=C)CO[C@H](CC=C)[C@H](OCc1ccccc1)[C@@H](C)OC(C)=O.COC(=O)/C(=C/CCC[C@H](OCc1ccccc1)[C@@H](OCc1ccccc1)[C@H](C)OC(C)=O)NC(=O)OC(C)(C)C. The van der Waals surface area contributed by atoms with Crippen LogP contribution in [0.25, 0.3) is 0 Å². The number of alkyl carbamates (subject to hydrolysis) is 1. The van der Waals surface area contributed by atoms with Crippen molar-refractivity contribution in [3.8, 4) is 0 Å². The van der Waals surface area contributed by atoms with E-state index in [0.29, 0.717) is 52.1 Å². The first-order valence-electron chi connectivity index (χ1n) is 22.7. The van der Waals surface area contributed by atoms with Crippen LogP contribution in [-0.4, -0.2) is 79.9 Å². The zero-order valence-corrected chi connectivity index (χ0v) is 41.2. The Morgan fingerprint density at radius 1 is 0.691 bits per heavy atom. The number of hydrogen-bond acceptors (Lipinski definition) is 12. The molecule has 3 aromatic rings. The number of rotatable bonds is 28. The number of benzene rings is 3. The molecule has 68 heavy (non-hydrogen) atoms. The number of methoxy groups -OCH3 is 1. The molecule has 0 saturated carbocycles. The zero-order valence-electron chi connectivity index (χ0n) is 41.2. The number of amides is 1. The Morgan fingerprint density at radius 3 is 1.59 bits per heavy atom. The highest BCUT2D eigenvalue weighted by molar-refractivity contribution is 5.92. The minimum Gasteiger partial charge on any atom is -0.464 e. The topological polar surface area (TPSA) is 154 Å². The van der Waals surface area contributed by atoms with E-state index in [4.69, 9.17) is 37.9 Å². The maximum Gasteiger partial charge on any atom is 0.412 e. The van der Waals surface area contributed by atoms with Gasteiger partial charge in [0.1, 0.15) is 35.7 Å². The summed E-state index contributed by atoms with van der Waals surface area (Å²) in [7, 11) is 1.24. The van der Waals surface area contributed by atoms with Gasteiger partial charge in [-0.3, -0.25) is 14.9 Å². The molecule has 6 atom stereocenters. The molecule has 0 aromatic heterocycles.